The molecule has 1 amide bonds. The van der Waals surface area contributed by atoms with Crippen LogP contribution in [0.2, 0.25) is 0 Å². The van der Waals surface area contributed by atoms with Crippen LogP contribution in [0, 0.1) is 12.7 Å². The number of aromatic nitrogens is 4. The first-order valence-electron chi connectivity index (χ1n) is 12.2. The van der Waals surface area contributed by atoms with Gasteiger partial charge in [-0.2, -0.15) is 4.39 Å². The quantitative estimate of drug-likeness (QED) is 0.367. The molecule has 4 heterocycles. The lowest BCUT2D eigenvalue weighted by Crippen LogP contribution is -2.45. The summed E-state index contributed by atoms with van der Waals surface area (Å²) in [5, 5.41) is 13.1. The summed E-state index contributed by atoms with van der Waals surface area (Å²) in [6.45, 7) is 5.94. The zero-order valence-corrected chi connectivity index (χ0v) is 21.4. The first-order valence-corrected chi connectivity index (χ1v) is 12.2. The van der Waals surface area contributed by atoms with E-state index in [1.807, 2.05) is 0 Å². The van der Waals surface area contributed by atoms with Crippen molar-refractivity contribution in [2.24, 2.45) is 0 Å². The van der Waals surface area contributed by atoms with E-state index in [2.05, 4.69) is 52.4 Å². The van der Waals surface area contributed by atoms with Crippen molar-refractivity contribution >= 4 is 23.1 Å². The number of halogens is 4. The van der Waals surface area contributed by atoms with E-state index in [9.17, 15) is 22.4 Å². The van der Waals surface area contributed by atoms with Crippen molar-refractivity contribution in [1.29, 1.82) is 0 Å². The Hall–Kier alpha value is -3.91. The minimum atomic E-state index is -3.43. The Morgan fingerprint density at radius 1 is 1.10 bits per heavy atom. The van der Waals surface area contributed by atoms with Gasteiger partial charge in [0.1, 0.15) is 22.9 Å². The number of piperazine rings is 1. The highest BCUT2D eigenvalue weighted by Gasteiger charge is 2.24. The summed E-state index contributed by atoms with van der Waals surface area (Å²) < 4.78 is 58.4. The van der Waals surface area contributed by atoms with Crippen LogP contribution >= 0.6 is 0 Å². The number of ether oxygens (including phenoxy) is 1. The van der Waals surface area contributed by atoms with Crippen LogP contribution in [0.25, 0.3) is 11.4 Å². The molecule has 208 valence electrons. The Morgan fingerprint density at radius 3 is 2.62 bits per heavy atom. The molecular weight excluding hydrogens is 520 g/mol. The van der Waals surface area contributed by atoms with Gasteiger partial charge in [-0.15, -0.1) is 10.2 Å². The molecule has 2 N–H and O–H groups in total. The van der Waals surface area contributed by atoms with Crippen LogP contribution in [0.1, 0.15) is 12.1 Å². The molecule has 1 unspecified atom stereocenters. The van der Waals surface area contributed by atoms with E-state index in [4.69, 9.17) is 0 Å². The summed E-state index contributed by atoms with van der Waals surface area (Å²) in [6, 6.07) is 6.93. The fourth-order valence-corrected chi connectivity index (χ4v) is 3.82. The number of hydrogen-bond donors (Lipinski definition) is 2. The lowest BCUT2D eigenvalue weighted by molar-refractivity contribution is -0.116. The molecule has 1 aliphatic heterocycles. The zero-order chi connectivity index (χ0) is 27.9. The maximum absolute atomic E-state index is 14.4. The molecule has 0 aliphatic carbocycles. The molecule has 1 saturated heterocycles. The van der Waals surface area contributed by atoms with Gasteiger partial charge in [0, 0.05) is 62.8 Å². The molecule has 1 atom stereocenters. The minimum absolute atomic E-state index is 0.0370. The number of rotatable bonds is 10. The molecule has 1 fully saturated rings. The Balaban J connectivity index is 1.50. The van der Waals surface area contributed by atoms with Gasteiger partial charge in [-0.1, -0.05) is 0 Å². The Bertz CT molecular complexity index is 1290. The molecule has 0 spiro atoms. The van der Waals surface area contributed by atoms with E-state index < -0.39 is 24.5 Å². The van der Waals surface area contributed by atoms with Crippen LogP contribution in [-0.2, 0) is 4.79 Å². The van der Waals surface area contributed by atoms with E-state index in [0.717, 1.165) is 26.2 Å². The normalized spacial score (nSPS) is 15.3. The van der Waals surface area contributed by atoms with Gasteiger partial charge < -0.3 is 25.2 Å². The fraction of sp³-hybridized carbons (Fsp3) is 0.400. The summed E-state index contributed by atoms with van der Waals surface area (Å²) in [5.74, 6) is -1.26. The number of nitrogens with one attached hydrogen (secondary N) is 2. The van der Waals surface area contributed by atoms with Crippen molar-refractivity contribution in [2.75, 3.05) is 50.4 Å². The average molecular weight is 549 g/mol. The van der Waals surface area contributed by atoms with Crippen LogP contribution in [0.4, 0.5) is 34.8 Å². The lowest BCUT2D eigenvalue weighted by Gasteiger charge is -2.32. The number of alkyl halides is 3. The first kappa shape index (κ1) is 28.1. The summed E-state index contributed by atoms with van der Waals surface area (Å²) in [4.78, 5) is 25.2. The molecule has 14 heteroatoms. The molecule has 1 aliphatic rings. The highest BCUT2D eigenvalue weighted by Crippen LogP contribution is 2.31. The number of anilines is 3. The SMILES string of the molecule is Cc1ccc(F)c(-c2cc(Nc3ccnc(NC(=O)CCN4CCN(C)CC4)c3)c(OC(F)C(F)F)nn2)n1. The van der Waals surface area contributed by atoms with E-state index in [0.29, 0.717) is 17.9 Å². The van der Waals surface area contributed by atoms with Crippen molar-refractivity contribution in [2.45, 2.75) is 26.1 Å². The lowest BCUT2D eigenvalue weighted by atomic mass is 10.2. The van der Waals surface area contributed by atoms with Gasteiger partial charge >= 0.3 is 6.43 Å². The van der Waals surface area contributed by atoms with E-state index in [1.54, 1.807) is 6.92 Å². The number of likely N-dealkylation sites (N-methyl/N-ethyl adjacent to an activating group) is 1. The second kappa shape index (κ2) is 12.8. The van der Waals surface area contributed by atoms with E-state index >= 15 is 0 Å². The number of hydrogen-bond acceptors (Lipinski definition) is 9. The van der Waals surface area contributed by atoms with E-state index in [-0.39, 0.29) is 35.2 Å². The first-order chi connectivity index (χ1) is 18.7. The number of aryl methyl sites for hydroxylation is 1. The Labute approximate surface area is 222 Å². The highest BCUT2D eigenvalue weighted by molar-refractivity contribution is 5.90. The number of pyridine rings is 2. The maximum Gasteiger partial charge on any atom is 0.304 e. The third-order valence-electron chi connectivity index (χ3n) is 5.97. The summed E-state index contributed by atoms with van der Waals surface area (Å²) in [5.41, 5.74) is 0.598. The molecule has 4 rings (SSSR count). The van der Waals surface area contributed by atoms with Gasteiger partial charge in [0.2, 0.25) is 5.91 Å². The number of amides is 1. The average Bonchev–Trinajstić information content (AvgIpc) is 2.91. The van der Waals surface area contributed by atoms with Gasteiger partial charge in [-0.25, -0.2) is 23.1 Å². The summed E-state index contributed by atoms with van der Waals surface area (Å²) in [7, 11) is 2.06. The molecule has 0 aromatic carbocycles. The predicted octanol–water partition coefficient (Wildman–Crippen LogP) is 3.64. The van der Waals surface area contributed by atoms with Crippen molar-refractivity contribution in [3.05, 3.63) is 48.0 Å². The van der Waals surface area contributed by atoms with Crippen molar-refractivity contribution < 1.29 is 27.1 Å². The molecule has 10 nitrogen and oxygen atoms in total. The number of carbonyl (C=O) groups excluding carboxylic acids is 1. The van der Waals surface area contributed by atoms with Crippen LogP contribution in [-0.4, -0.2) is 88.4 Å². The molecule has 3 aromatic heterocycles. The van der Waals surface area contributed by atoms with Gasteiger partial charge in [0.25, 0.3) is 12.2 Å². The van der Waals surface area contributed by atoms with Crippen LogP contribution in [0.5, 0.6) is 5.88 Å². The Kier molecular flexibility index (Phi) is 9.19. The number of nitrogens with zero attached hydrogens (tertiary/aromatic N) is 6. The molecule has 39 heavy (non-hydrogen) atoms. The third kappa shape index (κ3) is 7.80. The van der Waals surface area contributed by atoms with Crippen molar-refractivity contribution in [1.82, 2.24) is 30.0 Å². The van der Waals surface area contributed by atoms with Crippen molar-refractivity contribution in [3.63, 3.8) is 0 Å². The maximum atomic E-state index is 14.4. The zero-order valence-electron chi connectivity index (χ0n) is 21.4. The Morgan fingerprint density at radius 2 is 1.87 bits per heavy atom. The van der Waals surface area contributed by atoms with E-state index in [1.165, 1.54) is 36.5 Å². The minimum Gasteiger partial charge on any atom is -0.434 e. The monoisotopic (exact) mass is 548 g/mol. The summed E-state index contributed by atoms with van der Waals surface area (Å²) >= 11 is 0. The van der Waals surface area contributed by atoms with Gasteiger partial charge in [-0.05, 0) is 38.2 Å². The second-order valence-electron chi connectivity index (χ2n) is 9.03. The third-order valence-corrected chi connectivity index (χ3v) is 5.97. The predicted molar refractivity (Wildman–Crippen MR) is 136 cm³/mol. The largest absolute Gasteiger partial charge is 0.434 e. The van der Waals surface area contributed by atoms with Crippen LogP contribution in [0.3, 0.4) is 0 Å². The van der Waals surface area contributed by atoms with Crippen LogP contribution in [0.15, 0.2) is 36.5 Å². The number of carbonyl (C=O) groups is 1. The smallest absolute Gasteiger partial charge is 0.304 e. The molecule has 0 radical (unpaired) electrons. The van der Waals surface area contributed by atoms with Gasteiger partial charge in [-0.3, -0.25) is 4.79 Å². The molecule has 0 bridgehead atoms. The fourth-order valence-electron chi connectivity index (χ4n) is 3.82. The van der Waals surface area contributed by atoms with Gasteiger partial charge in [0.05, 0.1) is 0 Å². The van der Waals surface area contributed by atoms with Crippen molar-refractivity contribution in [3.8, 4) is 17.3 Å². The summed E-state index contributed by atoms with van der Waals surface area (Å²) in [6.07, 6.45) is -4.71. The van der Waals surface area contributed by atoms with Crippen LogP contribution < -0.4 is 15.4 Å². The highest BCUT2D eigenvalue weighted by atomic mass is 19.3. The molecular formula is C25H28F4N8O2. The molecule has 3 aromatic rings. The standard InChI is InChI=1S/C25H28F4N8O2/c1-15-3-4-17(26)22(31-15)18-14-19(25(35-34-18)39-24(29)23(27)28)32-16-5-7-30-20(13-16)33-21(38)6-8-37-11-9-36(2)10-12-37/h3-5,7,13-14,23-24H,6,8-12H2,1-2H3,(H2,30,32,33,34,38). The van der Waals surface area contributed by atoms with Gasteiger partial charge in [0.15, 0.2) is 5.82 Å². The topological polar surface area (TPSA) is 108 Å². The second-order valence-corrected chi connectivity index (χ2v) is 9.03. The molecule has 0 saturated carbocycles.